The molecule has 0 saturated heterocycles. The number of carbonyl (C=O) groups is 2. The zero-order chi connectivity index (χ0) is 13.8. The minimum absolute atomic E-state index is 0.246. The molecule has 0 atom stereocenters. The number of nitrogens with zero attached hydrogens (tertiary/aromatic N) is 3. The summed E-state index contributed by atoms with van der Waals surface area (Å²) in [7, 11) is 0. The molecule has 2 amide bonds. The Labute approximate surface area is 119 Å². The van der Waals surface area contributed by atoms with E-state index in [-0.39, 0.29) is 11.8 Å². The van der Waals surface area contributed by atoms with Crippen LogP contribution in [0, 0.1) is 6.92 Å². The smallest absolute Gasteiger partial charge is 0.267 e. The largest absolute Gasteiger partial charge is 0.339 e. The maximum Gasteiger partial charge on any atom is 0.267 e. The maximum atomic E-state index is 11.6. The van der Waals surface area contributed by atoms with Crippen LogP contribution < -0.4 is 0 Å². The number of rotatable bonds is 6. The number of imide groups is 1. The lowest BCUT2D eigenvalue weighted by molar-refractivity contribution is -0.136. The second-order valence-electron chi connectivity index (χ2n) is 4.33. The van der Waals surface area contributed by atoms with Crippen LogP contribution in [0.1, 0.15) is 31.0 Å². The molecule has 0 unspecified atom stereocenters. The Morgan fingerprint density at radius 2 is 2.11 bits per heavy atom. The molecule has 1 aliphatic heterocycles. The molecule has 19 heavy (non-hydrogen) atoms. The summed E-state index contributed by atoms with van der Waals surface area (Å²) < 4.78 is 5.33. The van der Waals surface area contributed by atoms with Crippen molar-refractivity contribution in [1.82, 2.24) is 15.0 Å². The first-order chi connectivity index (χ1) is 9.08. The van der Waals surface area contributed by atoms with E-state index in [9.17, 15) is 9.59 Å². The standard InChI is InChI=1S/C12H14BrN3O3/c1-8-14-10(19-15-8)5-3-2-4-6-16-11(17)7-9(13)12(16)18/h7H,2-6H2,1H3. The number of hydrogen-bond acceptors (Lipinski definition) is 5. The molecular formula is C12H14BrN3O3. The van der Waals surface area contributed by atoms with E-state index < -0.39 is 0 Å². The van der Waals surface area contributed by atoms with Gasteiger partial charge in [0.15, 0.2) is 5.82 Å². The van der Waals surface area contributed by atoms with Gasteiger partial charge in [-0.15, -0.1) is 0 Å². The van der Waals surface area contributed by atoms with Crippen molar-refractivity contribution in [3.63, 3.8) is 0 Å². The van der Waals surface area contributed by atoms with Gasteiger partial charge in [-0.25, -0.2) is 0 Å². The van der Waals surface area contributed by atoms with Gasteiger partial charge in [0.25, 0.3) is 11.8 Å². The molecule has 102 valence electrons. The van der Waals surface area contributed by atoms with E-state index >= 15 is 0 Å². The summed E-state index contributed by atoms with van der Waals surface area (Å²) in [5, 5.41) is 3.71. The maximum absolute atomic E-state index is 11.6. The lowest BCUT2D eigenvalue weighted by atomic mass is 10.2. The molecular weight excluding hydrogens is 314 g/mol. The van der Waals surface area contributed by atoms with E-state index in [4.69, 9.17) is 4.52 Å². The van der Waals surface area contributed by atoms with Crippen molar-refractivity contribution in [2.24, 2.45) is 0 Å². The average molecular weight is 328 g/mol. The molecule has 6 nitrogen and oxygen atoms in total. The first-order valence-electron chi connectivity index (χ1n) is 6.10. The van der Waals surface area contributed by atoms with Crippen LogP contribution in [0.25, 0.3) is 0 Å². The van der Waals surface area contributed by atoms with Gasteiger partial charge in [-0.05, 0) is 35.7 Å². The Morgan fingerprint density at radius 3 is 2.68 bits per heavy atom. The zero-order valence-electron chi connectivity index (χ0n) is 10.6. The summed E-state index contributed by atoms with van der Waals surface area (Å²) in [4.78, 5) is 28.4. The van der Waals surface area contributed by atoms with Gasteiger partial charge < -0.3 is 4.52 Å². The van der Waals surface area contributed by atoms with E-state index in [0.717, 1.165) is 25.7 Å². The van der Waals surface area contributed by atoms with Gasteiger partial charge in [0.1, 0.15) is 0 Å². The van der Waals surface area contributed by atoms with Crippen LogP contribution in [0.3, 0.4) is 0 Å². The second kappa shape index (κ2) is 6.10. The van der Waals surface area contributed by atoms with Crippen LogP contribution in [0.15, 0.2) is 15.1 Å². The predicted octanol–water partition coefficient (Wildman–Crippen LogP) is 1.74. The molecule has 0 saturated carbocycles. The van der Waals surface area contributed by atoms with E-state index in [0.29, 0.717) is 22.7 Å². The van der Waals surface area contributed by atoms with Crippen LogP contribution in [-0.2, 0) is 16.0 Å². The van der Waals surface area contributed by atoms with Crippen molar-refractivity contribution < 1.29 is 14.1 Å². The first-order valence-corrected chi connectivity index (χ1v) is 6.89. The summed E-state index contributed by atoms with van der Waals surface area (Å²) in [6.07, 6.45) is 4.61. The van der Waals surface area contributed by atoms with Gasteiger partial charge in [0, 0.05) is 19.0 Å². The predicted molar refractivity (Wildman–Crippen MR) is 70.3 cm³/mol. The summed E-state index contributed by atoms with van der Waals surface area (Å²) in [6, 6.07) is 0. The van der Waals surface area contributed by atoms with Gasteiger partial charge in [-0.2, -0.15) is 4.98 Å². The first kappa shape index (κ1) is 13.9. The van der Waals surface area contributed by atoms with Gasteiger partial charge >= 0.3 is 0 Å². The summed E-state index contributed by atoms with van der Waals surface area (Å²) in [5.74, 6) is 0.774. The fourth-order valence-corrected chi connectivity index (χ4v) is 2.26. The monoisotopic (exact) mass is 327 g/mol. The van der Waals surface area contributed by atoms with Crippen LogP contribution in [0.5, 0.6) is 0 Å². The number of carbonyl (C=O) groups excluding carboxylic acids is 2. The molecule has 0 radical (unpaired) electrons. The molecule has 1 aliphatic rings. The van der Waals surface area contributed by atoms with Gasteiger partial charge in [0.05, 0.1) is 4.48 Å². The molecule has 0 spiro atoms. The highest BCUT2D eigenvalue weighted by Gasteiger charge is 2.28. The van der Waals surface area contributed by atoms with Crippen molar-refractivity contribution in [3.05, 3.63) is 22.3 Å². The Balaban J connectivity index is 1.65. The van der Waals surface area contributed by atoms with Gasteiger partial charge in [-0.1, -0.05) is 11.6 Å². The lowest BCUT2D eigenvalue weighted by Gasteiger charge is -2.13. The molecule has 2 rings (SSSR count). The topological polar surface area (TPSA) is 76.3 Å². The highest BCUT2D eigenvalue weighted by atomic mass is 79.9. The van der Waals surface area contributed by atoms with E-state index in [1.54, 1.807) is 6.92 Å². The third kappa shape index (κ3) is 3.50. The molecule has 0 fully saturated rings. The zero-order valence-corrected chi connectivity index (χ0v) is 12.1. The van der Waals surface area contributed by atoms with Crippen LogP contribution in [-0.4, -0.2) is 33.4 Å². The molecule has 0 aromatic carbocycles. The van der Waals surface area contributed by atoms with Crippen molar-refractivity contribution in [2.75, 3.05) is 6.54 Å². The normalized spacial score (nSPS) is 15.3. The summed E-state index contributed by atoms with van der Waals surface area (Å²) in [6.45, 7) is 2.23. The molecule has 1 aromatic heterocycles. The van der Waals surface area contributed by atoms with Crippen molar-refractivity contribution in [2.45, 2.75) is 32.6 Å². The summed E-state index contributed by atoms with van der Waals surface area (Å²) >= 11 is 3.06. The van der Waals surface area contributed by atoms with E-state index in [1.807, 2.05) is 0 Å². The molecule has 0 aliphatic carbocycles. The van der Waals surface area contributed by atoms with E-state index in [2.05, 4.69) is 26.1 Å². The van der Waals surface area contributed by atoms with Gasteiger partial charge in [-0.3, -0.25) is 14.5 Å². The fraction of sp³-hybridized carbons (Fsp3) is 0.500. The highest BCUT2D eigenvalue weighted by molar-refractivity contribution is 9.12. The summed E-state index contributed by atoms with van der Waals surface area (Å²) in [5.41, 5.74) is 0. The van der Waals surface area contributed by atoms with Crippen molar-refractivity contribution in [1.29, 1.82) is 0 Å². The molecule has 2 heterocycles. The third-order valence-electron chi connectivity index (χ3n) is 2.81. The minimum Gasteiger partial charge on any atom is -0.339 e. The number of aryl methyl sites for hydroxylation is 2. The molecule has 0 N–H and O–H groups in total. The number of halogens is 1. The lowest BCUT2D eigenvalue weighted by Crippen LogP contribution is -2.31. The Hall–Kier alpha value is -1.50. The number of aromatic nitrogens is 2. The minimum atomic E-state index is -0.252. The fourth-order valence-electron chi connectivity index (χ4n) is 1.85. The second-order valence-corrected chi connectivity index (χ2v) is 5.19. The van der Waals surface area contributed by atoms with E-state index in [1.165, 1.54) is 11.0 Å². The SMILES string of the molecule is Cc1noc(CCCCCN2C(=O)C=C(Br)C2=O)n1. The Morgan fingerprint density at radius 1 is 1.32 bits per heavy atom. The highest BCUT2D eigenvalue weighted by Crippen LogP contribution is 2.18. The van der Waals surface area contributed by atoms with Crippen molar-refractivity contribution >= 4 is 27.7 Å². The third-order valence-corrected chi connectivity index (χ3v) is 3.38. The molecule has 1 aromatic rings. The van der Waals surface area contributed by atoms with Gasteiger partial charge in [0.2, 0.25) is 5.89 Å². The number of unbranched alkanes of at least 4 members (excludes halogenated alkanes) is 2. The average Bonchev–Trinajstić information content (AvgIpc) is 2.87. The Kier molecular flexibility index (Phi) is 4.47. The van der Waals surface area contributed by atoms with Crippen molar-refractivity contribution in [3.8, 4) is 0 Å². The van der Waals surface area contributed by atoms with Crippen LogP contribution >= 0.6 is 15.9 Å². The number of hydrogen-bond donors (Lipinski definition) is 0. The quantitative estimate of drug-likeness (QED) is 0.587. The molecule has 0 bridgehead atoms. The van der Waals surface area contributed by atoms with Crippen LogP contribution in [0.2, 0.25) is 0 Å². The Bertz CT molecular complexity index is 524. The van der Waals surface area contributed by atoms with Crippen LogP contribution in [0.4, 0.5) is 0 Å². The number of amides is 2. The molecule has 7 heteroatoms.